The molecule has 0 radical (unpaired) electrons. The second kappa shape index (κ2) is 5.63. The Bertz CT molecular complexity index is 490. The average molecular weight is 266 g/mol. The van der Waals surface area contributed by atoms with Gasteiger partial charge in [-0.1, -0.05) is 0 Å². The monoisotopic (exact) mass is 266 g/mol. The molecule has 1 aromatic heterocycles. The SMILES string of the molecule is Cc1cnc(CC2COCCC2O)c(C)c1[N+](=O)[O-]. The van der Waals surface area contributed by atoms with Crippen LogP contribution in [-0.2, 0) is 11.2 Å². The van der Waals surface area contributed by atoms with Crippen molar-refractivity contribution in [3.05, 3.63) is 33.1 Å². The van der Waals surface area contributed by atoms with Crippen LogP contribution in [0.5, 0.6) is 0 Å². The Morgan fingerprint density at radius 2 is 2.32 bits per heavy atom. The Labute approximate surface area is 111 Å². The number of rotatable bonds is 3. The molecule has 19 heavy (non-hydrogen) atoms. The van der Waals surface area contributed by atoms with Gasteiger partial charge in [-0.2, -0.15) is 0 Å². The van der Waals surface area contributed by atoms with Gasteiger partial charge in [0.25, 0.3) is 5.69 Å². The summed E-state index contributed by atoms with van der Waals surface area (Å²) < 4.78 is 5.34. The molecule has 0 amide bonds. The van der Waals surface area contributed by atoms with E-state index in [0.29, 0.717) is 42.9 Å². The van der Waals surface area contributed by atoms with Crippen LogP contribution >= 0.6 is 0 Å². The molecule has 1 aliphatic heterocycles. The van der Waals surface area contributed by atoms with Gasteiger partial charge >= 0.3 is 0 Å². The van der Waals surface area contributed by atoms with Gasteiger partial charge in [-0.15, -0.1) is 0 Å². The fraction of sp³-hybridized carbons (Fsp3) is 0.615. The van der Waals surface area contributed by atoms with E-state index in [2.05, 4.69) is 4.98 Å². The maximum Gasteiger partial charge on any atom is 0.278 e. The summed E-state index contributed by atoms with van der Waals surface area (Å²) in [6.07, 6.45) is 2.22. The van der Waals surface area contributed by atoms with E-state index >= 15 is 0 Å². The number of nitro groups is 1. The molecule has 104 valence electrons. The molecule has 0 bridgehead atoms. The lowest BCUT2D eigenvalue weighted by atomic mass is 9.91. The molecule has 0 saturated carbocycles. The highest BCUT2D eigenvalue weighted by atomic mass is 16.6. The van der Waals surface area contributed by atoms with Crippen molar-refractivity contribution < 1.29 is 14.8 Å². The molecule has 0 aromatic carbocycles. The van der Waals surface area contributed by atoms with E-state index in [9.17, 15) is 15.2 Å². The maximum atomic E-state index is 11.1. The van der Waals surface area contributed by atoms with E-state index in [-0.39, 0.29) is 16.5 Å². The van der Waals surface area contributed by atoms with Crippen LogP contribution in [0, 0.1) is 29.9 Å². The maximum absolute atomic E-state index is 11.1. The second-order valence-corrected chi connectivity index (χ2v) is 5.01. The molecule has 6 heteroatoms. The Kier molecular flexibility index (Phi) is 4.11. The smallest absolute Gasteiger partial charge is 0.278 e. The summed E-state index contributed by atoms with van der Waals surface area (Å²) in [7, 11) is 0. The number of aliphatic hydroxyl groups excluding tert-OH is 1. The summed E-state index contributed by atoms with van der Waals surface area (Å²) in [4.78, 5) is 15.0. The average Bonchev–Trinajstić information content (AvgIpc) is 2.35. The van der Waals surface area contributed by atoms with E-state index in [0.717, 1.165) is 0 Å². The van der Waals surface area contributed by atoms with Crippen LogP contribution < -0.4 is 0 Å². The van der Waals surface area contributed by atoms with Crippen LogP contribution in [0.15, 0.2) is 6.20 Å². The first kappa shape index (κ1) is 13.9. The van der Waals surface area contributed by atoms with Crippen molar-refractivity contribution >= 4 is 5.69 Å². The van der Waals surface area contributed by atoms with Crippen molar-refractivity contribution in [2.24, 2.45) is 5.92 Å². The number of aromatic nitrogens is 1. The highest BCUT2D eigenvalue weighted by Gasteiger charge is 2.27. The quantitative estimate of drug-likeness (QED) is 0.662. The van der Waals surface area contributed by atoms with Gasteiger partial charge < -0.3 is 9.84 Å². The highest BCUT2D eigenvalue weighted by molar-refractivity contribution is 5.47. The van der Waals surface area contributed by atoms with Gasteiger partial charge in [-0.25, -0.2) is 0 Å². The van der Waals surface area contributed by atoms with Crippen molar-refractivity contribution in [2.75, 3.05) is 13.2 Å². The Morgan fingerprint density at radius 3 is 2.95 bits per heavy atom. The molecule has 1 aromatic rings. The predicted molar refractivity (Wildman–Crippen MR) is 69.0 cm³/mol. The summed E-state index contributed by atoms with van der Waals surface area (Å²) in [6.45, 7) is 4.44. The van der Waals surface area contributed by atoms with Gasteiger partial charge in [0.05, 0.1) is 23.3 Å². The van der Waals surface area contributed by atoms with Gasteiger partial charge in [-0.05, 0) is 26.7 Å². The van der Waals surface area contributed by atoms with Gasteiger partial charge in [0.2, 0.25) is 0 Å². The third kappa shape index (κ3) is 2.90. The van der Waals surface area contributed by atoms with Crippen molar-refractivity contribution in [3.63, 3.8) is 0 Å². The van der Waals surface area contributed by atoms with E-state index in [1.54, 1.807) is 13.8 Å². The van der Waals surface area contributed by atoms with Crippen LogP contribution in [0.2, 0.25) is 0 Å². The fourth-order valence-corrected chi connectivity index (χ4v) is 2.48. The summed E-state index contributed by atoms with van der Waals surface area (Å²) in [5.41, 5.74) is 1.94. The standard InChI is InChI=1S/C13H18N2O4/c1-8-6-14-11(9(2)13(8)15(17)18)5-10-7-19-4-3-12(10)16/h6,10,12,16H,3-5,7H2,1-2H3. The number of pyridine rings is 1. The lowest BCUT2D eigenvalue weighted by Gasteiger charge is -2.27. The van der Waals surface area contributed by atoms with E-state index in [1.807, 2.05) is 0 Å². The minimum Gasteiger partial charge on any atom is -0.393 e. The molecule has 2 unspecified atom stereocenters. The minimum atomic E-state index is -0.421. The van der Waals surface area contributed by atoms with Gasteiger partial charge in [0.1, 0.15) is 0 Å². The van der Waals surface area contributed by atoms with Crippen LogP contribution in [0.1, 0.15) is 23.2 Å². The molecule has 1 saturated heterocycles. The van der Waals surface area contributed by atoms with Crippen molar-refractivity contribution in [3.8, 4) is 0 Å². The van der Waals surface area contributed by atoms with Crippen LogP contribution in [0.3, 0.4) is 0 Å². The zero-order valence-corrected chi connectivity index (χ0v) is 11.1. The van der Waals surface area contributed by atoms with Gasteiger partial charge in [0, 0.05) is 29.8 Å². The molecular formula is C13H18N2O4. The topological polar surface area (TPSA) is 85.5 Å². The lowest BCUT2D eigenvalue weighted by molar-refractivity contribution is -0.386. The van der Waals surface area contributed by atoms with Crippen LogP contribution in [0.4, 0.5) is 5.69 Å². The fourth-order valence-electron chi connectivity index (χ4n) is 2.48. The molecule has 2 rings (SSSR count). The zero-order chi connectivity index (χ0) is 14.0. The van der Waals surface area contributed by atoms with E-state index in [1.165, 1.54) is 6.20 Å². The van der Waals surface area contributed by atoms with Gasteiger partial charge in [-0.3, -0.25) is 15.1 Å². The summed E-state index contributed by atoms with van der Waals surface area (Å²) >= 11 is 0. The number of hydrogen-bond acceptors (Lipinski definition) is 5. The molecule has 1 aliphatic rings. The van der Waals surface area contributed by atoms with Crippen LogP contribution in [-0.4, -0.2) is 34.3 Å². The van der Waals surface area contributed by atoms with Crippen molar-refractivity contribution in [2.45, 2.75) is 32.8 Å². The Hall–Kier alpha value is -1.53. The molecule has 1 fully saturated rings. The third-order valence-electron chi connectivity index (χ3n) is 3.65. The van der Waals surface area contributed by atoms with E-state index < -0.39 is 6.10 Å². The predicted octanol–water partition coefficient (Wildman–Crippen LogP) is 1.55. The number of ether oxygens (including phenoxy) is 1. The highest BCUT2D eigenvalue weighted by Crippen LogP contribution is 2.27. The summed E-state index contributed by atoms with van der Waals surface area (Å²) in [5, 5.41) is 21.0. The zero-order valence-electron chi connectivity index (χ0n) is 11.1. The molecule has 0 aliphatic carbocycles. The van der Waals surface area contributed by atoms with Gasteiger partial charge in [0.15, 0.2) is 0 Å². The second-order valence-electron chi connectivity index (χ2n) is 5.01. The molecule has 6 nitrogen and oxygen atoms in total. The first-order chi connectivity index (χ1) is 9.00. The van der Waals surface area contributed by atoms with E-state index in [4.69, 9.17) is 4.74 Å². The van der Waals surface area contributed by atoms with Crippen molar-refractivity contribution in [1.29, 1.82) is 0 Å². The van der Waals surface area contributed by atoms with Crippen molar-refractivity contribution in [1.82, 2.24) is 4.98 Å². The molecule has 1 N–H and O–H groups in total. The van der Waals surface area contributed by atoms with Crippen LogP contribution in [0.25, 0.3) is 0 Å². The molecule has 0 spiro atoms. The Morgan fingerprint density at radius 1 is 1.58 bits per heavy atom. The first-order valence-electron chi connectivity index (χ1n) is 6.36. The summed E-state index contributed by atoms with van der Waals surface area (Å²) in [5.74, 6) is -0.0396. The Balaban J connectivity index is 2.25. The third-order valence-corrected chi connectivity index (χ3v) is 3.65. The lowest BCUT2D eigenvalue weighted by Crippen LogP contribution is -2.33. The minimum absolute atomic E-state index is 0.0396. The molecule has 2 heterocycles. The number of nitrogens with zero attached hydrogens (tertiary/aromatic N) is 2. The first-order valence-corrected chi connectivity index (χ1v) is 6.36. The summed E-state index contributed by atoms with van der Waals surface area (Å²) in [6, 6.07) is 0. The number of aryl methyl sites for hydroxylation is 1. The molecule has 2 atom stereocenters. The number of hydrogen-bond donors (Lipinski definition) is 1. The largest absolute Gasteiger partial charge is 0.393 e. The molecular weight excluding hydrogens is 248 g/mol. The number of aliphatic hydroxyl groups is 1. The normalized spacial score (nSPS) is 23.3.